The van der Waals surface area contributed by atoms with E-state index in [-0.39, 0.29) is 17.0 Å². The van der Waals surface area contributed by atoms with Crippen molar-refractivity contribution in [3.05, 3.63) is 63.0 Å². The minimum atomic E-state index is -0.327. The quantitative estimate of drug-likeness (QED) is 0.372. The molecule has 0 radical (unpaired) electrons. The van der Waals surface area contributed by atoms with Crippen LogP contribution in [-0.4, -0.2) is 22.2 Å². The lowest BCUT2D eigenvalue weighted by molar-refractivity contribution is 0.296. The minimum absolute atomic E-state index is 0.156. The van der Waals surface area contributed by atoms with Crippen molar-refractivity contribution >= 4 is 21.8 Å². The number of aromatic nitrogens is 1. The molecule has 0 amide bonds. The normalized spacial score (nSPS) is 11.4. The van der Waals surface area contributed by atoms with Gasteiger partial charge < -0.3 is 20.2 Å². The van der Waals surface area contributed by atoms with Crippen molar-refractivity contribution < 1.29 is 9.94 Å². The summed E-state index contributed by atoms with van der Waals surface area (Å²) in [7, 11) is 0. The number of nitrogens with two attached hydrogens (primary N) is 1. The molecule has 0 aliphatic carbocycles. The van der Waals surface area contributed by atoms with Gasteiger partial charge in [0.2, 0.25) is 0 Å². The number of benzene rings is 1. The molecule has 1 heterocycles. The van der Waals surface area contributed by atoms with Crippen molar-refractivity contribution in [2.75, 3.05) is 6.61 Å². The van der Waals surface area contributed by atoms with Gasteiger partial charge in [0.15, 0.2) is 5.84 Å². The van der Waals surface area contributed by atoms with E-state index in [0.717, 1.165) is 10.2 Å². The van der Waals surface area contributed by atoms with Crippen molar-refractivity contribution in [1.29, 1.82) is 0 Å². The number of amidine groups is 1. The molecule has 0 atom stereocenters. The Balaban J connectivity index is 2.04. The van der Waals surface area contributed by atoms with Crippen molar-refractivity contribution in [2.24, 2.45) is 10.9 Å². The highest BCUT2D eigenvalue weighted by molar-refractivity contribution is 9.10. The Morgan fingerprint density at radius 2 is 2.05 bits per heavy atom. The first-order valence-electron chi connectivity index (χ1n) is 6.17. The molecule has 0 fully saturated rings. The number of ether oxygens (including phenoxy) is 1. The van der Waals surface area contributed by atoms with Crippen LogP contribution in [0.25, 0.3) is 0 Å². The molecule has 0 bridgehead atoms. The van der Waals surface area contributed by atoms with Crippen LogP contribution in [0, 0.1) is 0 Å². The number of rotatable bonds is 5. The monoisotopic (exact) mass is 351 g/mol. The average molecular weight is 352 g/mol. The Morgan fingerprint density at radius 1 is 1.33 bits per heavy atom. The molecule has 6 nitrogen and oxygen atoms in total. The van der Waals surface area contributed by atoms with Gasteiger partial charge in [0, 0.05) is 10.7 Å². The van der Waals surface area contributed by atoms with Crippen LogP contribution in [0.3, 0.4) is 0 Å². The predicted octanol–water partition coefficient (Wildman–Crippen LogP) is 1.78. The van der Waals surface area contributed by atoms with Crippen molar-refractivity contribution in [3.63, 3.8) is 0 Å². The first-order valence-corrected chi connectivity index (χ1v) is 6.97. The molecule has 7 heteroatoms. The molecule has 3 N–H and O–H groups in total. The molecule has 21 heavy (non-hydrogen) atoms. The number of nitrogens with zero attached hydrogens (tertiary/aromatic N) is 2. The van der Waals surface area contributed by atoms with Crippen LogP contribution in [0.15, 0.2) is 57.0 Å². The Labute approximate surface area is 129 Å². The highest BCUT2D eigenvalue weighted by Gasteiger charge is 2.07. The third-order valence-corrected chi connectivity index (χ3v) is 3.35. The van der Waals surface area contributed by atoms with E-state index in [0.29, 0.717) is 13.2 Å². The molecular weight excluding hydrogens is 338 g/mol. The van der Waals surface area contributed by atoms with Crippen molar-refractivity contribution in [2.45, 2.75) is 6.54 Å². The summed E-state index contributed by atoms with van der Waals surface area (Å²) < 4.78 is 7.98. The average Bonchev–Trinajstić information content (AvgIpc) is 2.50. The highest BCUT2D eigenvalue weighted by atomic mass is 79.9. The number of hydrogen-bond donors (Lipinski definition) is 2. The first-order chi connectivity index (χ1) is 10.1. The van der Waals surface area contributed by atoms with Gasteiger partial charge in [0.25, 0.3) is 5.56 Å². The Morgan fingerprint density at radius 3 is 2.71 bits per heavy atom. The fourth-order valence-corrected chi connectivity index (χ4v) is 2.02. The van der Waals surface area contributed by atoms with Crippen LogP contribution in [0.1, 0.15) is 5.56 Å². The SMILES string of the molecule is N/C(=N/O)c1cccn(CCOc2ccc(Br)cc2)c1=O. The summed E-state index contributed by atoms with van der Waals surface area (Å²) >= 11 is 3.34. The second-order valence-electron chi connectivity index (χ2n) is 4.21. The summed E-state index contributed by atoms with van der Waals surface area (Å²) in [5.41, 5.74) is 5.28. The molecule has 110 valence electrons. The summed E-state index contributed by atoms with van der Waals surface area (Å²) in [6.45, 7) is 0.697. The number of halogens is 1. The van der Waals surface area contributed by atoms with Gasteiger partial charge >= 0.3 is 0 Å². The van der Waals surface area contributed by atoms with Crippen LogP contribution in [0.2, 0.25) is 0 Å². The zero-order valence-corrected chi connectivity index (χ0v) is 12.7. The molecule has 0 saturated heterocycles. The summed E-state index contributed by atoms with van der Waals surface area (Å²) in [6.07, 6.45) is 1.63. The Kier molecular flexibility index (Phi) is 4.99. The topological polar surface area (TPSA) is 89.8 Å². The van der Waals surface area contributed by atoms with Gasteiger partial charge in [-0.2, -0.15) is 0 Å². The first kappa shape index (κ1) is 15.1. The molecule has 2 aromatic rings. The summed E-state index contributed by atoms with van der Waals surface area (Å²) in [5, 5.41) is 11.5. The van der Waals surface area contributed by atoms with Crippen LogP contribution >= 0.6 is 15.9 Å². The van der Waals surface area contributed by atoms with E-state index in [1.165, 1.54) is 10.6 Å². The fraction of sp³-hybridized carbons (Fsp3) is 0.143. The van der Waals surface area contributed by atoms with E-state index < -0.39 is 0 Å². The van der Waals surface area contributed by atoms with E-state index in [9.17, 15) is 4.79 Å². The van der Waals surface area contributed by atoms with Gasteiger partial charge in [-0.15, -0.1) is 0 Å². The Hall–Kier alpha value is -2.28. The summed E-state index contributed by atoms with van der Waals surface area (Å²) in [4.78, 5) is 12.1. The lowest BCUT2D eigenvalue weighted by Crippen LogP contribution is -2.30. The number of oxime groups is 1. The lowest BCUT2D eigenvalue weighted by atomic mass is 10.2. The van der Waals surface area contributed by atoms with E-state index in [1.807, 2.05) is 24.3 Å². The zero-order chi connectivity index (χ0) is 15.2. The maximum Gasteiger partial charge on any atom is 0.261 e. The molecule has 0 saturated carbocycles. The maximum atomic E-state index is 12.1. The van der Waals surface area contributed by atoms with Gasteiger partial charge in [0.1, 0.15) is 12.4 Å². The van der Waals surface area contributed by atoms with Crippen molar-refractivity contribution in [1.82, 2.24) is 4.57 Å². The van der Waals surface area contributed by atoms with E-state index in [2.05, 4.69) is 21.1 Å². The highest BCUT2D eigenvalue weighted by Crippen LogP contribution is 2.15. The third kappa shape index (κ3) is 3.85. The van der Waals surface area contributed by atoms with Crippen LogP contribution in [0.4, 0.5) is 0 Å². The van der Waals surface area contributed by atoms with E-state index >= 15 is 0 Å². The molecule has 1 aromatic heterocycles. The lowest BCUT2D eigenvalue weighted by Gasteiger charge is -2.09. The van der Waals surface area contributed by atoms with E-state index in [4.69, 9.17) is 15.7 Å². The van der Waals surface area contributed by atoms with Crippen LogP contribution in [-0.2, 0) is 6.54 Å². The molecule has 0 aliphatic heterocycles. The molecule has 0 spiro atoms. The zero-order valence-electron chi connectivity index (χ0n) is 11.1. The van der Waals surface area contributed by atoms with Gasteiger partial charge in [-0.3, -0.25) is 4.79 Å². The second-order valence-corrected chi connectivity index (χ2v) is 5.12. The van der Waals surface area contributed by atoms with Gasteiger partial charge in [-0.1, -0.05) is 21.1 Å². The van der Waals surface area contributed by atoms with Crippen LogP contribution < -0.4 is 16.0 Å². The second kappa shape index (κ2) is 6.94. The number of pyridine rings is 1. The fourth-order valence-electron chi connectivity index (χ4n) is 1.75. The van der Waals surface area contributed by atoms with Gasteiger partial charge in [-0.05, 0) is 36.4 Å². The van der Waals surface area contributed by atoms with Gasteiger partial charge in [0.05, 0.1) is 12.1 Å². The Bertz CT molecular complexity index is 695. The molecule has 1 aromatic carbocycles. The third-order valence-electron chi connectivity index (χ3n) is 2.82. The predicted molar refractivity (Wildman–Crippen MR) is 82.8 cm³/mol. The summed E-state index contributed by atoms with van der Waals surface area (Å²) in [6, 6.07) is 10.6. The largest absolute Gasteiger partial charge is 0.492 e. The van der Waals surface area contributed by atoms with Crippen molar-refractivity contribution in [3.8, 4) is 5.75 Å². The molecular formula is C14H14BrN3O3. The molecule has 0 unspecified atom stereocenters. The maximum absolute atomic E-state index is 12.1. The summed E-state index contributed by atoms with van der Waals surface area (Å²) in [5.74, 6) is 0.516. The standard InChI is InChI=1S/C14H14BrN3O3/c15-10-3-5-11(6-4-10)21-9-8-18-7-1-2-12(14(18)19)13(16)17-20/h1-7,20H,8-9H2,(H2,16,17). The smallest absolute Gasteiger partial charge is 0.261 e. The van der Waals surface area contributed by atoms with Crippen LogP contribution in [0.5, 0.6) is 5.75 Å². The van der Waals surface area contributed by atoms with Gasteiger partial charge in [-0.25, -0.2) is 0 Å². The molecule has 2 rings (SSSR count). The van der Waals surface area contributed by atoms with E-state index in [1.54, 1.807) is 12.3 Å². The molecule has 0 aliphatic rings. The number of hydrogen-bond acceptors (Lipinski definition) is 4. The minimum Gasteiger partial charge on any atom is -0.492 e.